The van der Waals surface area contributed by atoms with Crippen LogP contribution in [-0.4, -0.2) is 20.9 Å². The minimum absolute atomic E-state index is 0.118. The molecule has 2 aromatic heterocycles. The van der Waals surface area contributed by atoms with Crippen molar-refractivity contribution in [3.8, 4) is 0 Å². The summed E-state index contributed by atoms with van der Waals surface area (Å²) in [6.45, 7) is 0. The molecule has 8 nitrogen and oxygen atoms in total. The number of anilines is 2. The van der Waals surface area contributed by atoms with Crippen molar-refractivity contribution in [1.29, 1.82) is 0 Å². The molecule has 4 aromatic carbocycles. The molecule has 0 saturated carbocycles. The number of pyridine rings is 2. The summed E-state index contributed by atoms with van der Waals surface area (Å²) in [4.78, 5) is 51.2. The minimum atomic E-state index is -0.522. The fourth-order valence-electron chi connectivity index (χ4n) is 5.16. The Morgan fingerprint density at radius 3 is 1.35 bits per heavy atom. The van der Waals surface area contributed by atoms with E-state index in [2.05, 4.69) is 10.6 Å². The number of nitrogens with zero attached hydrogens (tertiary/aromatic N) is 2. The van der Waals surface area contributed by atoms with E-state index in [0.717, 1.165) is 34.2 Å². The zero-order valence-electron chi connectivity index (χ0n) is 21.8. The van der Waals surface area contributed by atoms with Crippen molar-refractivity contribution in [3.05, 3.63) is 118 Å². The molecular formula is C32H24N4O4. The Labute approximate surface area is 227 Å². The van der Waals surface area contributed by atoms with Crippen LogP contribution in [0.1, 0.15) is 0 Å². The fourth-order valence-corrected chi connectivity index (χ4v) is 5.16. The van der Waals surface area contributed by atoms with Crippen molar-refractivity contribution < 1.29 is 9.59 Å². The summed E-state index contributed by atoms with van der Waals surface area (Å²) in [5.74, 6) is -1.04. The SMILES string of the molecule is Cn1c2ccccc2c(=O)c2cc(NC(=O)/C=C\C(=O)Nc3ccc4c(c3)c(=O)c3ccccc3n4C)ccc21. The van der Waals surface area contributed by atoms with E-state index in [1.165, 1.54) is 0 Å². The van der Waals surface area contributed by atoms with E-state index < -0.39 is 11.8 Å². The van der Waals surface area contributed by atoms with Crippen molar-refractivity contribution in [2.24, 2.45) is 14.1 Å². The maximum absolute atomic E-state index is 13.0. The van der Waals surface area contributed by atoms with Crippen LogP contribution < -0.4 is 21.5 Å². The van der Waals surface area contributed by atoms with E-state index in [-0.39, 0.29) is 10.9 Å². The molecule has 40 heavy (non-hydrogen) atoms. The van der Waals surface area contributed by atoms with Gasteiger partial charge in [0.15, 0.2) is 10.9 Å². The van der Waals surface area contributed by atoms with E-state index in [9.17, 15) is 19.2 Å². The van der Waals surface area contributed by atoms with Crippen LogP contribution in [-0.2, 0) is 23.7 Å². The summed E-state index contributed by atoms with van der Waals surface area (Å²) in [7, 11) is 3.78. The summed E-state index contributed by atoms with van der Waals surface area (Å²) in [5, 5.41) is 7.56. The molecule has 8 heteroatoms. The molecular weight excluding hydrogens is 504 g/mol. The third kappa shape index (κ3) is 4.21. The Bertz CT molecular complexity index is 2020. The number of amides is 2. The minimum Gasteiger partial charge on any atom is -0.343 e. The predicted molar refractivity (Wildman–Crippen MR) is 160 cm³/mol. The van der Waals surface area contributed by atoms with Gasteiger partial charge in [0.1, 0.15) is 0 Å². The van der Waals surface area contributed by atoms with Gasteiger partial charge in [-0.1, -0.05) is 24.3 Å². The molecule has 6 rings (SSSR count). The van der Waals surface area contributed by atoms with Crippen LogP contribution in [0, 0.1) is 0 Å². The molecule has 0 radical (unpaired) electrons. The molecule has 2 amide bonds. The third-order valence-corrected chi connectivity index (χ3v) is 7.15. The molecule has 0 spiro atoms. The molecule has 0 unspecified atom stereocenters. The molecule has 6 aromatic rings. The Morgan fingerprint density at radius 2 is 0.925 bits per heavy atom. The van der Waals surface area contributed by atoms with Crippen LogP contribution in [0.2, 0.25) is 0 Å². The Balaban J connectivity index is 1.20. The van der Waals surface area contributed by atoms with Gasteiger partial charge in [0.2, 0.25) is 11.8 Å². The fraction of sp³-hybridized carbons (Fsp3) is 0.0625. The van der Waals surface area contributed by atoms with Gasteiger partial charge in [-0.15, -0.1) is 0 Å². The number of rotatable bonds is 4. The first-order valence-electron chi connectivity index (χ1n) is 12.6. The van der Waals surface area contributed by atoms with Gasteiger partial charge >= 0.3 is 0 Å². The van der Waals surface area contributed by atoms with Crippen molar-refractivity contribution in [1.82, 2.24) is 9.13 Å². The molecule has 0 saturated heterocycles. The van der Waals surface area contributed by atoms with E-state index in [1.807, 2.05) is 59.6 Å². The molecule has 0 fully saturated rings. The van der Waals surface area contributed by atoms with E-state index in [0.29, 0.717) is 32.9 Å². The number of aryl methyl sites for hydroxylation is 2. The highest BCUT2D eigenvalue weighted by Crippen LogP contribution is 2.22. The molecule has 196 valence electrons. The first-order valence-corrected chi connectivity index (χ1v) is 12.6. The van der Waals surface area contributed by atoms with Crippen molar-refractivity contribution in [3.63, 3.8) is 0 Å². The predicted octanol–water partition coefficient (Wildman–Crippen LogP) is 4.83. The second-order valence-corrected chi connectivity index (χ2v) is 9.59. The number of carbonyl (C=O) groups excluding carboxylic acids is 2. The second-order valence-electron chi connectivity index (χ2n) is 9.59. The second kappa shape index (κ2) is 9.67. The van der Waals surface area contributed by atoms with Gasteiger partial charge in [0, 0.05) is 59.2 Å². The number of nitrogens with one attached hydrogen (secondary N) is 2. The lowest BCUT2D eigenvalue weighted by Crippen LogP contribution is -2.14. The lowest BCUT2D eigenvalue weighted by molar-refractivity contribution is -0.114. The number of aromatic nitrogens is 2. The number of benzene rings is 4. The number of fused-ring (bicyclic) bond motifs is 4. The quantitative estimate of drug-likeness (QED) is 0.253. The van der Waals surface area contributed by atoms with Crippen LogP contribution in [0.15, 0.2) is 107 Å². The number of hydrogen-bond acceptors (Lipinski definition) is 4. The molecule has 0 bridgehead atoms. The smallest absolute Gasteiger partial charge is 0.248 e. The summed E-state index contributed by atoms with van der Waals surface area (Å²) >= 11 is 0. The molecule has 0 aliphatic heterocycles. The molecule has 2 heterocycles. The summed E-state index contributed by atoms with van der Waals surface area (Å²) in [5.41, 5.74) is 3.78. The summed E-state index contributed by atoms with van der Waals surface area (Å²) in [6, 6.07) is 25.0. The van der Waals surface area contributed by atoms with Gasteiger partial charge in [-0.3, -0.25) is 19.2 Å². The Hall–Kier alpha value is -5.50. The highest BCUT2D eigenvalue weighted by molar-refractivity contribution is 6.08. The summed E-state index contributed by atoms with van der Waals surface area (Å²) < 4.78 is 3.87. The monoisotopic (exact) mass is 528 g/mol. The zero-order chi connectivity index (χ0) is 28.0. The van der Waals surface area contributed by atoms with Gasteiger partial charge < -0.3 is 19.8 Å². The lowest BCUT2D eigenvalue weighted by atomic mass is 10.1. The zero-order valence-corrected chi connectivity index (χ0v) is 21.8. The Kier molecular flexibility index (Phi) is 6.00. The third-order valence-electron chi connectivity index (χ3n) is 7.15. The molecule has 0 aliphatic rings. The van der Waals surface area contributed by atoms with E-state index in [1.54, 1.807) is 48.5 Å². The van der Waals surface area contributed by atoms with Crippen LogP contribution in [0.25, 0.3) is 43.6 Å². The molecule has 0 atom stereocenters. The van der Waals surface area contributed by atoms with E-state index in [4.69, 9.17) is 0 Å². The standard InChI is InChI=1S/C32H24N4O4/c1-35-25-9-5-3-7-21(25)31(39)23-17-19(11-13-27(23)35)33-29(37)15-16-30(38)34-20-12-14-28-24(18-20)32(40)22-8-4-6-10-26(22)36(28)2/h3-18H,1-2H3,(H,33,37)(H,34,38)/b16-15-. The van der Waals surface area contributed by atoms with Gasteiger partial charge in [0.25, 0.3) is 0 Å². The Morgan fingerprint density at radius 1 is 0.550 bits per heavy atom. The van der Waals surface area contributed by atoms with E-state index >= 15 is 0 Å². The maximum atomic E-state index is 13.0. The van der Waals surface area contributed by atoms with Crippen molar-refractivity contribution >= 4 is 66.8 Å². The van der Waals surface area contributed by atoms with Gasteiger partial charge in [-0.05, 0) is 60.7 Å². The molecule has 0 aliphatic carbocycles. The van der Waals surface area contributed by atoms with Crippen LogP contribution >= 0.6 is 0 Å². The normalized spacial score (nSPS) is 11.6. The maximum Gasteiger partial charge on any atom is 0.248 e. The van der Waals surface area contributed by atoms with Crippen LogP contribution in [0.3, 0.4) is 0 Å². The van der Waals surface area contributed by atoms with Crippen molar-refractivity contribution in [2.75, 3.05) is 10.6 Å². The molecule has 2 N–H and O–H groups in total. The average Bonchev–Trinajstić information content (AvgIpc) is 2.97. The number of carbonyl (C=O) groups is 2. The van der Waals surface area contributed by atoms with Crippen molar-refractivity contribution in [2.45, 2.75) is 0 Å². The highest BCUT2D eigenvalue weighted by atomic mass is 16.2. The van der Waals surface area contributed by atoms with Crippen LogP contribution in [0.4, 0.5) is 11.4 Å². The first kappa shape index (κ1) is 24.8. The largest absolute Gasteiger partial charge is 0.343 e. The average molecular weight is 529 g/mol. The summed E-state index contributed by atoms with van der Waals surface area (Å²) in [6.07, 6.45) is 2.23. The van der Waals surface area contributed by atoms with Gasteiger partial charge in [-0.25, -0.2) is 0 Å². The van der Waals surface area contributed by atoms with Crippen LogP contribution in [0.5, 0.6) is 0 Å². The first-order chi connectivity index (χ1) is 19.3. The topological polar surface area (TPSA) is 102 Å². The lowest BCUT2D eigenvalue weighted by Gasteiger charge is -2.12. The van der Waals surface area contributed by atoms with Gasteiger partial charge in [-0.2, -0.15) is 0 Å². The van der Waals surface area contributed by atoms with Gasteiger partial charge in [0.05, 0.1) is 22.1 Å². The highest BCUT2D eigenvalue weighted by Gasteiger charge is 2.11. The number of hydrogen-bond donors (Lipinski definition) is 2. The number of para-hydroxylation sites is 2.